The van der Waals surface area contributed by atoms with Gasteiger partial charge in [0.25, 0.3) is 0 Å². The van der Waals surface area contributed by atoms with Crippen LogP contribution in [0.2, 0.25) is 0 Å². The molecule has 0 radical (unpaired) electrons. The van der Waals surface area contributed by atoms with Crippen molar-refractivity contribution in [1.82, 2.24) is 5.32 Å². The predicted octanol–water partition coefficient (Wildman–Crippen LogP) is 3.03. The minimum atomic E-state index is -0.759. The molecular weight excluding hydrogens is 286 g/mol. The third-order valence-electron chi connectivity index (χ3n) is 3.56. The molecule has 0 amide bonds. The first-order valence-electron chi connectivity index (χ1n) is 6.96. The molecular formula is C16H17NO3S. The number of benzene rings is 2. The maximum Gasteiger partial charge on any atom is 0.318 e. The normalized spacial score (nSPS) is 21.6. The zero-order valence-electron chi connectivity index (χ0n) is 11.7. The summed E-state index contributed by atoms with van der Waals surface area (Å²) in [4.78, 5) is 11.1. The molecule has 5 heteroatoms. The fourth-order valence-corrected chi connectivity index (χ4v) is 3.79. The Morgan fingerprint density at radius 1 is 1.33 bits per heavy atom. The van der Waals surface area contributed by atoms with E-state index in [0.717, 1.165) is 22.1 Å². The van der Waals surface area contributed by atoms with Crippen molar-refractivity contribution in [2.75, 3.05) is 13.2 Å². The molecule has 1 aliphatic heterocycles. The molecule has 2 aromatic rings. The van der Waals surface area contributed by atoms with Gasteiger partial charge in [-0.1, -0.05) is 30.3 Å². The number of carboxylic acid groups (broad SMARTS) is 1. The second-order valence-electron chi connectivity index (χ2n) is 4.88. The molecule has 1 heterocycles. The van der Waals surface area contributed by atoms with Crippen LogP contribution in [0.5, 0.6) is 5.75 Å². The highest BCUT2D eigenvalue weighted by atomic mass is 32.2. The van der Waals surface area contributed by atoms with Crippen LogP contribution in [0.15, 0.2) is 36.4 Å². The van der Waals surface area contributed by atoms with Crippen LogP contribution < -0.4 is 10.1 Å². The molecule has 0 saturated carbocycles. The molecule has 1 aliphatic rings. The van der Waals surface area contributed by atoms with E-state index in [4.69, 9.17) is 9.84 Å². The van der Waals surface area contributed by atoms with Gasteiger partial charge in [0.15, 0.2) is 0 Å². The van der Waals surface area contributed by atoms with Crippen LogP contribution in [0.3, 0.4) is 0 Å². The van der Waals surface area contributed by atoms with Crippen molar-refractivity contribution in [3.63, 3.8) is 0 Å². The van der Waals surface area contributed by atoms with Crippen LogP contribution in [0.1, 0.15) is 17.9 Å². The van der Waals surface area contributed by atoms with Gasteiger partial charge >= 0.3 is 5.97 Å². The van der Waals surface area contributed by atoms with Crippen LogP contribution in [0, 0.1) is 0 Å². The lowest BCUT2D eigenvalue weighted by atomic mass is 10.0. The minimum Gasteiger partial charge on any atom is -0.493 e. The summed E-state index contributed by atoms with van der Waals surface area (Å²) in [6.07, 6.45) is 0. The van der Waals surface area contributed by atoms with Crippen molar-refractivity contribution in [3.05, 3.63) is 42.0 Å². The fourth-order valence-electron chi connectivity index (χ4n) is 2.61. The molecule has 3 rings (SSSR count). The van der Waals surface area contributed by atoms with E-state index in [0.29, 0.717) is 13.2 Å². The van der Waals surface area contributed by atoms with Gasteiger partial charge in [-0.05, 0) is 23.9 Å². The zero-order valence-corrected chi connectivity index (χ0v) is 12.5. The lowest BCUT2D eigenvalue weighted by Crippen LogP contribution is -2.21. The number of aliphatic carboxylic acids is 1. The first-order valence-corrected chi connectivity index (χ1v) is 7.91. The number of hydrogen-bond donors (Lipinski definition) is 2. The third-order valence-corrected chi connectivity index (χ3v) is 4.95. The van der Waals surface area contributed by atoms with Crippen molar-refractivity contribution in [2.24, 2.45) is 0 Å². The average molecular weight is 303 g/mol. The van der Waals surface area contributed by atoms with E-state index in [-0.39, 0.29) is 10.6 Å². The van der Waals surface area contributed by atoms with Crippen molar-refractivity contribution in [3.8, 4) is 5.75 Å². The van der Waals surface area contributed by atoms with Gasteiger partial charge in [0.05, 0.1) is 12.0 Å². The third kappa shape index (κ3) is 2.71. The number of hydrogen-bond acceptors (Lipinski definition) is 4. The summed E-state index contributed by atoms with van der Waals surface area (Å²) in [5.41, 5.74) is 1.11. The Balaban J connectivity index is 2.00. The topological polar surface area (TPSA) is 58.6 Å². The summed E-state index contributed by atoms with van der Waals surface area (Å²) in [6, 6.07) is 12.1. The van der Waals surface area contributed by atoms with Gasteiger partial charge in [-0.25, -0.2) is 0 Å². The Labute approximate surface area is 127 Å². The van der Waals surface area contributed by atoms with Gasteiger partial charge in [-0.2, -0.15) is 0 Å². The van der Waals surface area contributed by atoms with Gasteiger partial charge in [-0.15, -0.1) is 11.8 Å². The summed E-state index contributed by atoms with van der Waals surface area (Å²) in [7, 11) is 0. The Morgan fingerprint density at radius 2 is 2.10 bits per heavy atom. The van der Waals surface area contributed by atoms with Crippen LogP contribution >= 0.6 is 11.8 Å². The standard InChI is InChI=1S/C16H17NO3S/c1-2-20-13-8-7-12(10-5-3-4-6-11(10)13)15-17-9-14(21-15)16(18)19/h3-8,14-15,17H,2,9H2,1H3,(H,18,19)/t14-,15-/m0/s1. The number of fused-ring (bicyclic) bond motifs is 1. The van der Waals surface area contributed by atoms with E-state index in [1.54, 1.807) is 0 Å². The summed E-state index contributed by atoms with van der Waals surface area (Å²) >= 11 is 1.45. The van der Waals surface area contributed by atoms with Crippen LogP contribution in [-0.4, -0.2) is 29.5 Å². The number of thioether (sulfide) groups is 1. The molecule has 1 saturated heterocycles. The Kier molecular flexibility index (Phi) is 4.03. The zero-order chi connectivity index (χ0) is 14.8. The molecule has 0 aliphatic carbocycles. The smallest absolute Gasteiger partial charge is 0.318 e. The maximum absolute atomic E-state index is 11.1. The molecule has 110 valence electrons. The van der Waals surface area contributed by atoms with Crippen LogP contribution in [0.25, 0.3) is 10.8 Å². The average Bonchev–Trinajstić information content (AvgIpc) is 2.98. The number of rotatable bonds is 4. The summed E-state index contributed by atoms with van der Waals surface area (Å²) in [5.74, 6) is 0.111. The molecule has 0 aromatic heterocycles. The molecule has 0 bridgehead atoms. The largest absolute Gasteiger partial charge is 0.493 e. The van der Waals surface area contributed by atoms with E-state index >= 15 is 0 Å². The SMILES string of the molecule is CCOc1ccc([C@H]2NC[C@@H](C(=O)O)S2)c2ccccc12. The van der Waals surface area contributed by atoms with E-state index in [1.807, 2.05) is 37.3 Å². The second-order valence-corrected chi connectivity index (χ2v) is 6.20. The van der Waals surface area contributed by atoms with Crippen LogP contribution in [-0.2, 0) is 4.79 Å². The Morgan fingerprint density at radius 3 is 2.76 bits per heavy atom. The summed E-state index contributed by atoms with van der Waals surface area (Å²) in [5, 5.41) is 14.2. The van der Waals surface area contributed by atoms with Crippen molar-refractivity contribution < 1.29 is 14.6 Å². The molecule has 4 nitrogen and oxygen atoms in total. The minimum absolute atomic E-state index is 0.00618. The lowest BCUT2D eigenvalue weighted by Gasteiger charge is -2.16. The van der Waals surface area contributed by atoms with Gasteiger partial charge in [-0.3, -0.25) is 10.1 Å². The maximum atomic E-state index is 11.1. The van der Waals surface area contributed by atoms with Crippen molar-refractivity contribution in [1.29, 1.82) is 0 Å². The quantitative estimate of drug-likeness (QED) is 0.909. The van der Waals surface area contributed by atoms with E-state index in [2.05, 4.69) is 11.4 Å². The molecule has 1 fully saturated rings. The van der Waals surface area contributed by atoms with E-state index < -0.39 is 5.97 Å². The Hall–Kier alpha value is -1.72. The number of carboxylic acids is 1. The molecule has 21 heavy (non-hydrogen) atoms. The van der Waals surface area contributed by atoms with E-state index in [1.165, 1.54) is 11.8 Å². The number of ether oxygens (including phenoxy) is 1. The van der Waals surface area contributed by atoms with Crippen molar-refractivity contribution >= 4 is 28.5 Å². The van der Waals surface area contributed by atoms with Gasteiger partial charge < -0.3 is 9.84 Å². The predicted molar refractivity (Wildman–Crippen MR) is 84.9 cm³/mol. The highest BCUT2D eigenvalue weighted by Gasteiger charge is 2.31. The fraction of sp³-hybridized carbons (Fsp3) is 0.312. The monoisotopic (exact) mass is 303 g/mol. The van der Waals surface area contributed by atoms with Gasteiger partial charge in [0.1, 0.15) is 11.0 Å². The first kappa shape index (κ1) is 14.2. The Bertz CT molecular complexity index is 674. The van der Waals surface area contributed by atoms with Crippen molar-refractivity contribution in [2.45, 2.75) is 17.5 Å². The molecule has 2 aromatic carbocycles. The molecule has 2 atom stereocenters. The summed E-state index contributed by atoms with van der Waals surface area (Å²) in [6.45, 7) is 3.08. The highest BCUT2D eigenvalue weighted by Crippen LogP contribution is 2.40. The van der Waals surface area contributed by atoms with Gasteiger partial charge in [0.2, 0.25) is 0 Å². The van der Waals surface area contributed by atoms with E-state index in [9.17, 15) is 4.79 Å². The lowest BCUT2D eigenvalue weighted by molar-refractivity contribution is -0.136. The molecule has 0 unspecified atom stereocenters. The van der Waals surface area contributed by atoms with Crippen LogP contribution in [0.4, 0.5) is 0 Å². The molecule has 2 N–H and O–H groups in total. The first-order chi connectivity index (χ1) is 10.2. The number of carbonyl (C=O) groups is 1. The van der Waals surface area contributed by atoms with Gasteiger partial charge in [0, 0.05) is 11.9 Å². The molecule has 0 spiro atoms. The summed E-state index contributed by atoms with van der Waals surface area (Å²) < 4.78 is 5.67. The second kappa shape index (κ2) is 5.95. The highest BCUT2D eigenvalue weighted by molar-refractivity contribution is 8.01. The number of nitrogens with one attached hydrogen (secondary N) is 1.